The maximum Gasteiger partial charge on any atom is 0.257 e. The van der Waals surface area contributed by atoms with Crippen molar-refractivity contribution in [1.29, 1.82) is 0 Å². The molecule has 1 atom stereocenters. The number of ether oxygens (including phenoxy) is 1. The zero-order valence-electron chi connectivity index (χ0n) is 28.5. The third-order valence-corrected chi connectivity index (χ3v) is 10.3. The summed E-state index contributed by atoms with van der Waals surface area (Å²) in [6.07, 6.45) is 7.97. The summed E-state index contributed by atoms with van der Waals surface area (Å²) >= 11 is 12.8. The van der Waals surface area contributed by atoms with E-state index in [-0.39, 0.29) is 23.5 Å². The van der Waals surface area contributed by atoms with E-state index in [1.807, 2.05) is 60.0 Å². The second-order valence-corrected chi connectivity index (χ2v) is 13.5. The molecule has 6 rings (SSSR count). The number of amides is 1. The van der Waals surface area contributed by atoms with Crippen LogP contribution in [0.1, 0.15) is 58.6 Å². The molecule has 50 heavy (non-hydrogen) atoms. The number of likely N-dealkylation sites (tertiary alicyclic amines) is 1. The van der Waals surface area contributed by atoms with Gasteiger partial charge >= 0.3 is 0 Å². The number of para-hydroxylation sites is 2. The first-order chi connectivity index (χ1) is 24.3. The van der Waals surface area contributed by atoms with Crippen molar-refractivity contribution in [3.05, 3.63) is 106 Å². The normalized spacial score (nSPS) is 14.7. The van der Waals surface area contributed by atoms with Crippen LogP contribution in [-0.2, 0) is 6.54 Å². The molecule has 2 aromatic heterocycles. The predicted octanol–water partition coefficient (Wildman–Crippen LogP) is 7.55. The number of ketones is 1. The number of nitrogens with zero attached hydrogens (tertiary/aromatic N) is 6. The molecule has 0 aliphatic carbocycles. The molecular weight excluding hydrogens is 673 g/mol. The monoisotopic (exact) mass is 713 g/mol. The Labute approximate surface area is 302 Å². The minimum absolute atomic E-state index is 0.0192. The van der Waals surface area contributed by atoms with Crippen LogP contribution in [-0.4, -0.2) is 86.8 Å². The minimum Gasteiger partial charge on any atom is -0.496 e. The van der Waals surface area contributed by atoms with Crippen molar-refractivity contribution in [3.63, 3.8) is 0 Å². The molecule has 1 unspecified atom stereocenters. The van der Waals surface area contributed by atoms with Gasteiger partial charge in [0.05, 0.1) is 39.9 Å². The van der Waals surface area contributed by atoms with E-state index in [0.717, 1.165) is 61.1 Å². The first kappa shape index (κ1) is 35.3. The van der Waals surface area contributed by atoms with E-state index >= 15 is 0 Å². The highest BCUT2D eigenvalue weighted by molar-refractivity contribution is 6.42. The smallest absolute Gasteiger partial charge is 0.257 e. The number of imidazole rings is 1. The van der Waals surface area contributed by atoms with Gasteiger partial charge in [-0.3, -0.25) is 9.59 Å². The topological polar surface area (TPSA) is 109 Å². The average molecular weight is 715 g/mol. The van der Waals surface area contributed by atoms with Gasteiger partial charge in [-0.15, -0.1) is 0 Å². The van der Waals surface area contributed by atoms with Gasteiger partial charge in [0.1, 0.15) is 11.4 Å². The second kappa shape index (κ2) is 16.0. The number of H-pyrrole nitrogens is 1. The van der Waals surface area contributed by atoms with Crippen molar-refractivity contribution < 1.29 is 14.3 Å². The fraction of sp³-hybridized carbons (Fsp3) is 0.342. The van der Waals surface area contributed by atoms with Gasteiger partial charge in [-0.2, -0.15) is 15.4 Å². The highest BCUT2D eigenvalue weighted by Gasteiger charge is 2.30. The predicted molar refractivity (Wildman–Crippen MR) is 197 cm³/mol. The Bertz CT molecular complexity index is 1980. The molecule has 1 amide bonds. The molecule has 0 bridgehead atoms. The quantitative estimate of drug-likeness (QED) is 0.0991. The summed E-state index contributed by atoms with van der Waals surface area (Å²) in [5.41, 5.74) is 4.66. The van der Waals surface area contributed by atoms with Crippen LogP contribution >= 0.6 is 23.2 Å². The van der Waals surface area contributed by atoms with Crippen molar-refractivity contribution in [2.24, 2.45) is 5.92 Å². The Kier molecular flexibility index (Phi) is 11.3. The first-order valence-electron chi connectivity index (χ1n) is 16.8. The van der Waals surface area contributed by atoms with Crippen molar-refractivity contribution in [2.45, 2.75) is 38.6 Å². The Balaban J connectivity index is 1.14. The van der Waals surface area contributed by atoms with E-state index in [1.165, 1.54) is 0 Å². The summed E-state index contributed by atoms with van der Waals surface area (Å²) in [6.45, 7) is 5.46. The molecule has 3 aromatic carbocycles. The summed E-state index contributed by atoms with van der Waals surface area (Å²) < 4.78 is 7.60. The zero-order chi connectivity index (χ0) is 35.2. The first-order valence-corrected chi connectivity index (χ1v) is 17.6. The van der Waals surface area contributed by atoms with E-state index in [1.54, 1.807) is 43.5 Å². The van der Waals surface area contributed by atoms with Crippen molar-refractivity contribution >= 4 is 45.9 Å². The molecule has 1 aliphatic rings. The number of allylic oxidation sites excluding steroid dienone is 2. The lowest BCUT2D eigenvalue weighted by atomic mass is 9.90. The second-order valence-electron chi connectivity index (χ2n) is 12.7. The molecule has 0 radical (unpaired) electrons. The van der Waals surface area contributed by atoms with Gasteiger partial charge in [0.25, 0.3) is 5.91 Å². The third kappa shape index (κ3) is 7.78. The van der Waals surface area contributed by atoms with E-state index in [0.29, 0.717) is 46.0 Å². The van der Waals surface area contributed by atoms with Gasteiger partial charge in [0.2, 0.25) is 5.78 Å². The number of fused-ring (bicyclic) bond motifs is 1. The lowest BCUT2D eigenvalue weighted by Crippen LogP contribution is -2.38. The lowest BCUT2D eigenvalue weighted by Gasteiger charge is -2.33. The van der Waals surface area contributed by atoms with Crippen molar-refractivity contribution in [1.82, 2.24) is 34.8 Å². The van der Waals surface area contributed by atoms with Crippen LogP contribution in [0.4, 0.5) is 0 Å². The van der Waals surface area contributed by atoms with Gasteiger partial charge < -0.3 is 19.1 Å². The maximum atomic E-state index is 13.9. The summed E-state index contributed by atoms with van der Waals surface area (Å²) in [5, 5.41) is 11.6. The molecule has 1 saturated heterocycles. The average Bonchev–Trinajstić information content (AvgIpc) is 3.82. The number of aromatic amines is 1. The molecule has 260 valence electrons. The van der Waals surface area contributed by atoms with Gasteiger partial charge in [-0.25, -0.2) is 4.98 Å². The maximum absolute atomic E-state index is 13.9. The van der Waals surface area contributed by atoms with Crippen LogP contribution in [0, 0.1) is 5.92 Å². The van der Waals surface area contributed by atoms with Gasteiger partial charge in [0, 0.05) is 37.5 Å². The number of rotatable bonds is 13. The summed E-state index contributed by atoms with van der Waals surface area (Å²) in [4.78, 5) is 36.6. The van der Waals surface area contributed by atoms with Crippen LogP contribution in [0.15, 0.2) is 79.0 Å². The number of piperidine rings is 1. The van der Waals surface area contributed by atoms with E-state index in [4.69, 9.17) is 32.9 Å². The van der Waals surface area contributed by atoms with Gasteiger partial charge in [-0.05, 0) is 93.8 Å². The number of likely N-dealkylation sites (N-methyl/N-ethyl adjacent to an activating group) is 1. The highest BCUT2D eigenvalue weighted by atomic mass is 35.5. The van der Waals surface area contributed by atoms with Crippen molar-refractivity contribution in [2.75, 3.05) is 40.3 Å². The highest BCUT2D eigenvalue weighted by Crippen LogP contribution is 2.32. The Hall–Kier alpha value is -4.51. The molecule has 1 N–H and O–H groups in total. The molecule has 0 spiro atoms. The number of nitrogens with one attached hydrogen (secondary N) is 1. The van der Waals surface area contributed by atoms with Crippen LogP contribution < -0.4 is 4.74 Å². The lowest BCUT2D eigenvalue weighted by molar-refractivity contribution is 0.0776. The Morgan fingerprint density at radius 1 is 1.08 bits per heavy atom. The largest absolute Gasteiger partial charge is 0.496 e. The zero-order valence-corrected chi connectivity index (χ0v) is 30.0. The molecular formula is C38H41Cl2N7O3. The molecule has 1 fully saturated rings. The van der Waals surface area contributed by atoms with E-state index < -0.39 is 0 Å². The number of aromatic nitrogens is 5. The van der Waals surface area contributed by atoms with E-state index in [2.05, 4.69) is 26.4 Å². The number of Topliss-reactive ketones (excluding diaryl/α,β-unsaturated/α-hetero) is 1. The summed E-state index contributed by atoms with van der Waals surface area (Å²) in [7, 11) is 3.35. The Morgan fingerprint density at radius 3 is 2.60 bits per heavy atom. The number of hydrogen-bond acceptors (Lipinski definition) is 7. The van der Waals surface area contributed by atoms with Crippen molar-refractivity contribution in [3.8, 4) is 17.0 Å². The summed E-state index contributed by atoms with van der Waals surface area (Å²) in [5.74, 6) is 0.868. The molecule has 3 heterocycles. The summed E-state index contributed by atoms with van der Waals surface area (Å²) in [6, 6.07) is 19.0. The molecule has 10 nitrogen and oxygen atoms in total. The number of carbonyl (C=O) groups excluding carboxylic acids is 2. The van der Waals surface area contributed by atoms with Gasteiger partial charge in [0.15, 0.2) is 5.82 Å². The fourth-order valence-electron chi connectivity index (χ4n) is 6.72. The number of hydrogen-bond donors (Lipinski definition) is 1. The van der Waals surface area contributed by atoms with Gasteiger partial charge in [-0.1, -0.05) is 53.6 Å². The SMILES string of the molecule is CC=CCn1c(C(=O)C2CCN(CCC(CN(C)C(=O)c3cc(-c4cn[nH]n4)ccc3OC)c3ccc(Cl)c(Cl)c3)CC2)nc2ccccc21. The Morgan fingerprint density at radius 2 is 1.88 bits per heavy atom. The third-order valence-electron chi connectivity index (χ3n) is 9.55. The molecule has 5 aromatic rings. The number of methoxy groups -OCH3 is 1. The van der Waals surface area contributed by atoms with Crippen LogP contribution in [0.3, 0.4) is 0 Å². The molecule has 1 aliphatic heterocycles. The minimum atomic E-state index is -0.169. The fourth-order valence-corrected chi connectivity index (χ4v) is 7.03. The molecule has 0 saturated carbocycles. The number of halogens is 2. The molecule has 12 heteroatoms. The number of carbonyl (C=O) groups is 2. The number of benzene rings is 3. The van der Waals surface area contributed by atoms with Crippen LogP contribution in [0.25, 0.3) is 22.3 Å². The van der Waals surface area contributed by atoms with Crippen LogP contribution in [0.5, 0.6) is 5.75 Å². The van der Waals surface area contributed by atoms with Crippen LogP contribution in [0.2, 0.25) is 10.0 Å². The van der Waals surface area contributed by atoms with E-state index in [9.17, 15) is 9.59 Å². The standard InChI is InChI=1S/C38H41Cl2N7O3/c1-4-5-17-47-34-9-7-6-8-32(34)42-37(47)36(48)25-14-18-46(19-15-25)20-16-28(26-10-12-30(39)31(40)22-26)24-45(2)38(49)29-21-27(11-13-35(29)50-3)33-23-41-44-43-33/h4-13,21-23,25,28H,14-20,24H2,1-3H3,(H,41,43,44).